The lowest BCUT2D eigenvalue weighted by atomic mass is 10.2. The third-order valence-electron chi connectivity index (χ3n) is 2.76. The Labute approximate surface area is 117 Å². The molecular formula is C11H18N4O4S. The number of hydrazine groups is 1. The van der Waals surface area contributed by atoms with Crippen LogP contribution < -0.4 is 16.0 Å². The molecule has 1 rings (SSSR count). The number of nitro benzene ring substituents is 1. The molecule has 0 aliphatic carbocycles. The van der Waals surface area contributed by atoms with Gasteiger partial charge in [-0.3, -0.25) is 16.0 Å². The molecule has 0 aromatic heterocycles. The van der Waals surface area contributed by atoms with Gasteiger partial charge in [-0.1, -0.05) is 13.3 Å². The van der Waals surface area contributed by atoms with Gasteiger partial charge in [0.25, 0.3) is 5.69 Å². The lowest BCUT2D eigenvalue weighted by Gasteiger charge is -2.11. The van der Waals surface area contributed by atoms with E-state index in [1.54, 1.807) is 6.92 Å². The first-order chi connectivity index (χ1) is 9.33. The molecule has 0 unspecified atom stereocenters. The normalized spacial score (nSPS) is 11.3. The van der Waals surface area contributed by atoms with E-state index in [0.29, 0.717) is 18.5 Å². The van der Waals surface area contributed by atoms with E-state index in [4.69, 9.17) is 5.84 Å². The fraction of sp³-hybridized carbons (Fsp3) is 0.455. The van der Waals surface area contributed by atoms with Gasteiger partial charge in [0.05, 0.1) is 9.82 Å². The van der Waals surface area contributed by atoms with Crippen LogP contribution in [0.2, 0.25) is 0 Å². The van der Waals surface area contributed by atoms with Gasteiger partial charge in [0.15, 0.2) is 0 Å². The van der Waals surface area contributed by atoms with E-state index in [2.05, 4.69) is 10.1 Å². The minimum absolute atomic E-state index is 0.0695. The summed E-state index contributed by atoms with van der Waals surface area (Å²) in [7, 11) is -3.77. The van der Waals surface area contributed by atoms with Gasteiger partial charge in [0, 0.05) is 12.6 Å². The summed E-state index contributed by atoms with van der Waals surface area (Å²) >= 11 is 0. The Balaban J connectivity index is 3.24. The van der Waals surface area contributed by atoms with Crippen LogP contribution in [0.15, 0.2) is 17.0 Å². The van der Waals surface area contributed by atoms with Crippen molar-refractivity contribution in [1.82, 2.24) is 4.72 Å². The van der Waals surface area contributed by atoms with Gasteiger partial charge in [-0.2, -0.15) is 0 Å². The molecule has 0 spiro atoms. The van der Waals surface area contributed by atoms with Crippen LogP contribution in [0.25, 0.3) is 0 Å². The summed E-state index contributed by atoms with van der Waals surface area (Å²) in [5.74, 6) is 5.20. The van der Waals surface area contributed by atoms with Crippen LogP contribution >= 0.6 is 0 Å². The fourth-order valence-corrected chi connectivity index (χ4v) is 3.01. The Hall–Kier alpha value is -1.71. The summed E-state index contributed by atoms with van der Waals surface area (Å²) in [4.78, 5) is 10.1. The molecule has 8 nitrogen and oxygen atoms in total. The van der Waals surface area contributed by atoms with Crippen LogP contribution in [0, 0.1) is 17.0 Å². The highest BCUT2D eigenvalue weighted by atomic mass is 32.2. The van der Waals surface area contributed by atoms with Gasteiger partial charge in [-0.15, -0.1) is 0 Å². The lowest BCUT2D eigenvalue weighted by Crippen LogP contribution is -2.25. The van der Waals surface area contributed by atoms with E-state index in [-0.39, 0.29) is 16.3 Å². The molecule has 0 bridgehead atoms. The van der Waals surface area contributed by atoms with Crippen molar-refractivity contribution in [3.63, 3.8) is 0 Å². The second kappa shape index (κ2) is 6.64. The fourth-order valence-electron chi connectivity index (χ4n) is 1.69. The second-order valence-corrected chi connectivity index (χ2v) is 6.02. The van der Waals surface area contributed by atoms with Crippen LogP contribution in [0.5, 0.6) is 0 Å². The van der Waals surface area contributed by atoms with Crippen LogP contribution in [0.3, 0.4) is 0 Å². The monoisotopic (exact) mass is 302 g/mol. The van der Waals surface area contributed by atoms with Gasteiger partial charge in [0.1, 0.15) is 5.69 Å². The molecule has 0 saturated carbocycles. The Morgan fingerprint density at radius 2 is 2.05 bits per heavy atom. The molecule has 1 aromatic rings. The minimum Gasteiger partial charge on any atom is -0.318 e. The number of unbranched alkanes of at least 4 members (excludes halogenated alkanes) is 1. The number of nitrogens with one attached hydrogen (secondary N) is 2. The zero-order chi connectivity index (χ0) is 15.3. The first kappa shape index (κ1) is 16.3. The summed E-state index contributed by atoms with van der Waals surface area (Å²) in [6, 6.07) is 2.35. The van der Waals surface area contributed by atoms with Crippen LogP contribution in [0.4, 0.5) is 11.4 Å². The van der Waals surface area contributed by atoms with Gasteiger partial charge >= 0.3 is 0 Å². The minimum atomic E-state index is -3.77. The van der Waals surface area contributed by atoms with Crippen molar-refractivity contribution in [1.29, 1.82) is 0 Å². The van der Waals surface area contributed by atoms with Crippen molar-refractivity contribution in [2.45, 2.75) is 31.6 Å². The van der Waals surface area contributed by atoms with Crippen LogP contribution in [-0.4, -0.2) is 19.9 Å². The maximum Gasteiger partial charge on any atom is 0.295 e. The van der Waals surface area contributed by atoms with Crippen LogP contribution in [-0.2, 0) is 10.0 Å². The summed E-state index contributed by atoms with van der Waals surface area (Å²) in [6.45, 7) is 3.79. The highest BCUT2D eigenvalue weighted by molar-refractivity contribution is 7.89. The highest BCUT2D eigenvalue weighted by Gasteiger charge is 2.23. The number of nitrogens with zero attached hydrogens (tertiary/aromatic N) is 1. The highest BCUT2D eigenvalue weighted by Crippen LogP contribution is 2.29. The molecule has 4 N–H and O–H groups in total. The average Bonchev–Trinajstić information content (AvgIpc) is 2.37. The summed E-state index contributed by atoms with van der Waals surface area (Å²) in [5, 5.41) is 10.9. The number of nitrogens with two attached hydrogens (primary N) is 1. The number of hydrogen-bond donors (Lipinski definition) is 3. The van der Waals surface area contributed by atoms with Gasteiger partial charge in [0.2, 0.25) is 10.0 Å². The molecule has 0 amide bonds. The number of anilines is 1. The number of rotatable bonds is 7. The van der Waals surface area contributed by atoms with Crippen molar-refractivity contribution < 1.29 is 13.3 Å². The molecule has 0 heterocycles. The quantitative estimate of drug-likeness (QED) is 0.301. The zero-order valence-electron chi connectivity index (χ0n) is 11.3. The topological polar surface area (TPSA) is 127 Å². The van der Waals surface area contributed by atoms with E-state index in [1.165, 1.54) is 6.07 Å². The van der Waals surface area contributed by atoms with Gasteiger partial charge < -0.3 is 5.43 Å². The molecule has 0 aliphatic heterocycles. The molecular weight excluding hydrogens is 284 g/mol. The van der Waals surface area contributed by atoms with E-state index < -0.39 is 14.9 Å². The predicted octanol–water partition coefficient (Wildman–Crippen LogP) is 1.27. The number of sulfonamides is 1. The molecule has 0 atom stereocenters. The summed E-state index contributed by atoms with van der Waals surface area (Å²) in [5.41, 5.74) is 2.26. The molecule has 0 aliphatic rings. The van der Waals surface area contributed by atoms with E-state index in [9.17, 15) is 18.5 Å². The Kier molecular flexibility index (Phi) is 5.43. The lowest BCUT2D eigenvalue weighted by molar-refractivity contribution is -0.384. The Morgan fingerprint density at radius 3 is 2.55 bits per heavy atom. The average molecular weight is 302 g/mol. The van der Waals surface area contributed by atoms with Crippen molar-refractivity contribution in [2.75, 3.05) is 12.0 Å². The van der Waals surface area contributed by atoms with Crippen LogP contribution in [0.1, 0.15) is 25.3 Å². The third-order valence-corrected chi connectivity index (χ3v) is 4.36. The predicted molar refractivity (Wildman–Crippen MR) is 75.7 cm³/mol. The number of benzene rings is 1. The standard InChI is InChI=1S/C11H18N4O4S/c1-3-4-5-13-20(18,19)11-7-10(15(16)17)9(14-12)6-8(11)2/h6-7,13-14H,3-5,12H2,1-2H3. The summed E-state index contributed by atoms with van der Waals surface area (Å²) < 4.78 is 26.7. The van der Waals surface area contributed by atoms with E-state index in [1.807, 2.05) is 6.92 Å². The third kappa shape index (κ3) is 3.65. The van der Waals surface area contributed by atoms with Crippen molar-refractivity contribution in [3.05, 3.63) is 27.8 Å². The van der Waals surface area contributed by atoms with E-state index in [0.717, 1.165) is 12.5 Å². The molecule has 112 valence electrons. The zero-order valence-corrected chi connectivity index (χ0v) is 12.2. The summed E-state index contributed by atoms with van der Waals surface area (Å²) in [6.07, 6.45) is 1.54. The Bertz CT molecular complexity index is 601. The maximum absolute atomic E-state index is 12.1. The van der Waals surface area contributed by atoms with Gasteiger partial charge in [-0.05, 0) is 25.0 Å². The Morgan fingerprint density at radius 1 is 1.40 bits per heavy atom. The molecule has 1 aromatic carbocycles. The number of nitrogen functional groups attached to an aromatic ring is 1. The van der Waals surface area contributed by atoms with E-state index >= 15 is 0 Å². The first-order valence-corrected chi connectivity index (χ1v) is 7.57. The number of aryl methyl sites for hydroxylation is 1. The second-order valence-electron chi connectivity index (χ2n) is 4.29. The molecule has 0 radical (unpaired) electrons. The number of hydrogen-bond acceptors (Lipinski definition) is 6. The van der Waals surface area contributed by atoms with Crippen molar-refractivity contribution in [2.24, 2.45) is 5.84 Å². The van der Waals surface area contributed by atoms with Crippen molar-refractivity contribution in [3.8, 4) is 0 Å². The first-order valence-electron chi connectivity index (χ1n) is 6.08. The molecule has 0 fully saturated rings. The maximum atomic E-state index is 12.1. The molecule has 0 saturated heterocycles. The smallest absolute Gasteiger partial charge is 0.295 e. The largest absolute Gasteiger partial charge is 0.318 e. The number of nitro groups is 1. The van der Waals surface area contributed by atoms with Crippen molar-refractivity contribution >= 4 is 21.4 Å². The molecule has 20 heavy (non-hydrogen) atoms. The SMILES string of the molecule is CCCCNS(=O)(=O)c1cc([N+](=O)[O-])c(NN)cc1C. The molecule has 9 heteroatoms. The van der Waals surface area contributed by atoms with Gasteiger partial charge in [-0.25, -0.2) is 13.1 Å².